The van der Waals surface area contributed by atoms with E-state index in [1.54, 1.807) is 6.08 Å². The van der Waals surface area contributed by atoms with Crippen LogP contribution in [0, 0.1) is 0 Å². The molecule has 1 aromatic carbocycles. The molecule has 0 amide bonds. The van der Waals surface area contributed by atoms with Gasteiger partial charge in [0, 0.05) is 22.0 Å². The molecule has 2 rings (SSSR count). The Labute approximate surface area is 110 Å². The first kappa shape index (κ1) is 12.8. The molecular weight excluding hydrogens is 302 g/mol. The van der Waals surface area contributed by atoms with E-state index < -0.39 is 9.84 Å². The summed E-state index contributed by atoms with van der Waals surface area (Å²) in [5.74, 6) is 0.155. The molecule has 0 aromatic heterocycles. The second-order valence-corrected chi connectivity index (χ2v) is 6.96. The van der Waals surface area contributed by atoms with Gasteiger partial charge in [-0.25, -0.2) is 8.42 Å². The van der Waals surface area contributed by atoms with Crippen LogP contribution in [0.15, 0.2) is 40.2 Å². The third-order valence-electron chi connectivity index (χ3n) is 2.77. The van der Waals surface area contributed by atoms with Gasteiger partial charge in [-0.3, -0.25) is 0 Å². The summed E-state index contributed by atoms with van der Waals surface area (Å²) < 4.78 is 23.6. The van der Waals surface area contributed by atoms with E-state index in [0.29, 0.717) is 0 Å². The van der Waals surface area contributed by atoms with Gasteiger partial charge in [0.05, 0.1) is 5.75 Å². The van der Waals surface area contributed by atoms with Crippen molar-refractivity contribution in [2.75, 3.05) is 5.75 Å². The molecule has 0 spiro atoms. The zero-order valence-corrected chi connectivity index (χ0v) is 11.8. The van der Waals surface area contributed by atoms with Crippen LogP contribution in [0.5, 0.6) is 0 Å². The molecule has 1 aliphatic rings. The molecule has 1 N–H and O–H groups in total. The van der Waals surface area contributed by atoms with Gasteiger partial charge in [-0.05, 0) is 18.6 Å². The predicted molar refractivity (Wildman–Crippen MR) is 72.4 cm³/mol. The molecule has 1 aliphatic heterocycles. The molecule has 1 heterocycles. The number of benzene rings is 1. The minimum absolute atomic E-state index is 0.0953. The zero-order valence-electron chi connectivity index (χ0n) is 9.43. The van der Waals surface area contributed by atoms with Gasteiger partial charge in [0.2, 0.25) is 0 Å². The zero-order chi connectivity index (χ0) is 12.5. The lowest BCUT2D eigenvalue weighted by Crippen LogP contribution is -2.32. The maximum atomic E-state index is 11.3. The predicted octanol–water partition coefficient (Wildman–Crippen LogP) is 2.41. The smallest absolute Gasteiger partial charge is 0.173 e. The number of sulfone groups is 1. The Bertz CT molecular complexity index is 539. The quantitative estimate of drug-likeness (QED) is 0.931. The number of rotatable bonds is 3. The Morgan fingerprint density at radius 1 is 1.41 bits per heavy atom. The fourth-order valence-corrected chi connectivity index (χ4v) is 3.79. The van der Waals surface area contributed by atoms with Gasteiger partial charge in [-0.1, -0.05) is 40.2 Å². The van der Waals surface area contributed by atoms with E-state index in [0.717, 1.165) is 10.0 Å². The fraction of sp³-hybridized carbons (Fsp3) is 0.333. The van der Waals surface area contributed by atoms with Gasteiger partial charge >= 0.3 is 0 Å². The van der Waals surface area contributed by atoms with Crippen molar-refractivity contribution in [1.29, 1.82) is 0 Å². The number of hydrogen-bond acceptors (Lipinski definition) is 3. The Kier molecular flexibility index (Phi) is 3.70. The monoisotopic (exact) mass is 315 g/mol. The summed E-state index contributed by atoms with van der Waals surface area (Å²) in [4.78, 5) is 0. The molecule has 0 saturated heterocycles. The first-order valence-corrected chi connectivity index (χ1v) is 7.90. The normalized spacial score (nSPS) is 23.8. The van der Waals surface area contributed by atoms with Crippen LogP contribution in [0.2, 0.25) is 0 Å². The van der Waals surface area contributed by atoms with Crippen molar-refractivity contribution < 1.29 is 8.42 Å². The first-order valence-electron chi connectivity index (χ1n) is 5.39. The third kappa shape index (κ3) is 3.18. The van der Waals surface area contributed by atoms with E-state index in [1.807, 2.05) is 31.2 Å². The van der Waals surface area contributed by atoms with Crippen molar-refractivity contribution in [3.8, 4) is 0 Å². The largest absolute Gasteiger partial charge is 0.303 e. The van der Waals surface area contributed by atoms with Crippen LogP contribution >= 0.6 is 15.9 Å². The van der Waals surface area contributed by atoms with Crippen molar-refractivity contribution >= 4 is 25.8 Å². The molecule has 0 fully saturated rings. The van der Waals surface area contributed by atoms with Gasteiger partial charge in [0.15, 0.2) is 9.84 Å². The SMILES string of the molecule is CC(NC1C=CS(=O)(=O)C1)c1ccccc1Br. The van der Waals surface area contributed by atoms with Gasteiger partial charge in [-0.2, -0.15) is 0 Å². The second kappa shape index (κ2) is 4.92. The molecule has 2 unspecified atom stereocenters. The molecule has 0 bridgehead atoms. The highest BCUT2D eigenvalue weighted by molar-refractivity contribution is 9.10. The van der Waals surface area contributed by atoms with Crippen LogP contribution in [0.3, 0.4) is 0 Å². The fourth-order valence-electron chi connectivity index (χ4n) is 1.92. The first-order chi connectivity index (χ1) is 7.98. The standard InChI is InChI=1S/C12H14BrNO2S/c1-9(11-4-2-3-5-12(11)13)14-10-6-7-17(15,16)8-10/h2-7,9-10,14H,8H2,1H3. The number of nitrogens with one attached hydrogen (secondary N) is 1. The molecule has 3 nitrogen and oxygen atoms in total. The van der Waals surface area contributed by atoms with Gasteiger partial charge in [-0.15, -0.1) is 0 Å². The van der Waals surface area contributed by atoms with Crippen LogP contribution < -0.4 is 5.32 Å². The summed E-state index contributed by atoms with van der Waals surface area (Å²) in [6.45, 7) is 2.03. The van der Waals surface area contributed by atoms with Crippen molar-refractivity contribution in [2.24, 2.45) is 0 Å². The maximum Gasteiger partial charge on any atom is 0.173 e. The summed E-state index contributed by atoms with van der Waals surface area (Å²) >= 11 is 3.49. The summed E-state index contributed by atoms with van der Waals surface area (Å²) in [5.41, 5.74) is 1.13. The minimum atomic E-state index is -2.99. The Hall–Kier alpha value is -0.650. The highest BCUT2D eigenvalue weighted by Gasteiger charge is 2.23. The van der Waals surface area contributed by atoms with Gasteiger partial charge < -0.3 is 5.32 Å². The Balaban J connectivity index is 2.06. The number of halogens is 1. The molecular formula is C12H14BrNO2S. The molecule has 17 heavy (non-hydrogen) atoms. The maximum absolute atomic E-state index is 11.3. The van der Waals surface area contributed by atoms with Crippen LogP contribution in [0.4, 0.5) is 0 Å². The molecule has 5 heteroatoms. The van der Waals surface area contributed by atoms with E-state index in [9.17, 15) is 8.42 Å². The molecule has 0 aliphatic carbocycles. The summed E-state index contributed by atoms with van der Waals surface area (Å²) in [6.07, 6.45) is 1.71. The third-order valence-corrected chi connectivity index (χ3v) is 4.88. The highest BCUT2D eigenvalue weighted by atomic mass is 79.9. The molecule has 2 atom stereocenters. The van der Waals surface area contributed by atoms with E-state index in [4.69, 9.17) is 0 Å². The molecule has 0 radical (unpaired) electrons. The van der Waals surface area contributed by atoms with Crippen LogP contribution in [0.25, 0.3) is 0 Å². The summed E-state index contributed by atoms with van der Waals surface area (Å²) in [7, 11) is -2.99. The van der Waals surface area contributed by atoms with E-state index in [2.05, 4.69) is 21.2 Å². The Morgan fingerprint density at radius 2 is 2.12 bits per heavy atom. The van der Waals surface area contributed by atoms with E-state index in [1.165, 1.54) is 5.41 Å². The average Bonchev–Trinajstić information content (AvgIpc) is 2.58. The van der Waals surface area contributed by atoms with Gasteiger partial charge in [0.1, 0.15) is 0 Å². The van der Waals surface area contributed by atoms with E-state index >= 15 is 0 Å². The van der Waals surface area contributed by atoms with Crippen molar-refractivity contribution in [1.82, 2.24) is 5.32 Å². The van der Waals surface area contributed by atoms with Gasteiger partial charge in [0.25, 0.3) is 0 Å². The van der Waals surface area contributed by atoms with Crippen molar-refractivity contribution in [2.45, 2.75) is 19.0 Å². The topological polar surface area (TPSA) is 46.2 Å². The Morgan fingerprint density at radius 3 is 2.71 bits per heavy atom. The van der Waals surface area contributed by atoms with Crippen molar-refractivity contribution in [3.05, 3.63) is 45.8 Å². The van der Waals surface area contributed by atoms with Crippen LogP contribution in [0.1, 0.15) is 18.5 Å². The lowest BCUT2D eigenvalue weighted by atomic mass is 10.1. The molecule has 92 valence electrons. The van der Waals surface area contributed by atoms with Crippen LogP contribution in [-0.2, 0) is 9.84 Å². The van der Waals surface area contributed by atoms with Crippen LogP contribution in [-0.4, -0.2) is 20.2 Å². The molecule has 0 saturated carbocycles. The van der Waals surface area contributed by atoms with Crippen molar-refractivity contribution in [3.63, 3.8) is 0 Å². The lowest BCUT2D eigenvalue weighted by Gasteiger charge is -2.19. The molecule has 1 aromatic rings. The lowest BCUT2D eigenvalue weighted by molar-refractivity contribution is 0.534. The minimum Gasteiger partial charge on any atom is -0.303 e. The second-order valence-electron chi connectivity index (χ2n) is 4.17. The highest BCUT2D eigenvalue weighted by Crippen LogP contribution is 2.24. The van der Waals surface area contributed by atoms with E-state index in [-0.39, 0.29) is 17.8 Å². The number of hydrogen-bond donors (Lipinski definition) is 1. The summed E-state index contributed by atoms with van der Waals surface area (Å²) in [6, 6.07) is 7.94. The average molecular weight is 316 g/mol. The summed E-state index contributed by atoms with van der Waals surface area (Å²) in [5, 5.41) is 4.58.